The molecule has 0 radical (unpaired) electrons. The molecule has 116 valence electrons. The Morgan fingerprint density at radius 3 is 2.95 bits per heavy atom. The van der Waals surface area contributed by atoms with E-state index in [0.717, 1.165) is 44.4 Å². The Morgan fingerprint density at radius 1 is 1.52 bits per heavy atom. The Balaban J connectivity index is 2.07. The molecular weight excluding hydrogens is 268 g/mol. The first-order chi connectivity index (χ1) is 10.0. The molecule has 0 aromatic heterocycles. The molecule has 1 N–H and O–H groups in total. The molecule has 1 aromatic carbocycles. The maximum atomic E-state index is 10.9. The van der Waals surface area contributed by atoms with E-state index in [-0.39, 0.29) is 22.3 Å². The fourth-order valence-corrected chi connectivity index (χ4v) is 2.85. The molecule has 0 bridgehead atoms. The van der Waals surface area contributed by atoms with Crippen molar-refractivity contribution >= 4 is 5.69 Å². The molecule has 2 unspecified atom stereocenters. The summed E-state index contributed by atoms with van der Waals surface area (Å²) in [5.41, 5.74) is 1.03. The van der Waals surface area contributed by atoms with Gasteiger partial charge in [-0.25, -0.2) is 0 Å². The Kier molecular flexibility index (Phi) is 5.31. The van der Waals surface area contributed by atoms with Gasteiger partial charge in [-0.15, -0.1) is 0 Å². The molecule has 1 aliphatic rings. The third kappa shape index (κ3) is 4.25. The van der Waals surface area contributed by atoms with E-state index in [4.69, 9.17) is 4.74 Å². The molecule has 1 aromatic rings. The lowest BCUT2D eigenvalue weighted by atomic mass is 9.98. The van der Waals surface area contributed by atoms with Crippen LogP contribution in [0.4, 0.5) is 5.69 Å². The molecule has 0 saturated carbocycles. The highest BCUT2D eigenvalue weighted by Gasteiger charge is 2.30. The van der Waals surface area contributed by atoms with Crippen molar-refractivity contribution in [2.45, 2.75) is 51.2 Å². The van der Waals surface area contributed by atoms with Gasteiger partial charge in [-0.2, -0.15) is 0 Å². The minimum Gasteiger partial charge on any atom is -0.374 e. The van der Waals surface area contributed by atoms with Crippen molar-refractivity contribution in [1.82, 2.24) is 5.32 Å². The van der Waals surface area contributed by atoms with Crippen LogP contribution in [0.25, 0.3) is 0 Å². The van der Waals surface area contributed by atoms with Gasteiger partial charge in [-0.3, -0.25) is 10.1 Å². The van der Waals surface area contributed by atoms with Crippen LogP contribution >= 0.6 is 0 Å². The normalized spacial score (nSPS) is 23.1. The molecule has 2 atom stereocenters. The fraction of sp³-hybridized carbons (Fsp3) is 0.625. The zero-order chi connectivity index (χ0) is 15.3. The smallest absolute Gasteiger partial charge is 0.269 e. The lowest BCUT2D eigenvalue weighted by Crippen LogP contribution is -2.39. The average Bonchev–Trinajstić information content (AvgIpc) is 2.91. The van der Waals surface area contributed by atoms with Crippen LogP contribution in [0.15, 0.2) is 24.3 Å². The third-order valence-corrected chi connectivity index (χ3v) is 4.08. The summed E-state index contributed by atoms with van der Waals surface area (Å²) in [4.78, 5) is 10.6. The second-order valence-corrected chi connectivity index (χ2v) is 5.98. The van der Waals surface area contributed by atoms with Gasteiger partial charge in [0, 0.05) is 31.3 Å². The van der Waals surface area contributed by atoms with Crippen molar-refractivity contribution in [2.75, 3.05) is 13.2 Å². The molecule has 2 rings (SSSR count). The minimum absolute atomic E-state index is 0.104. The van der Waals surface area contributed by atoms with Crippen molar-refractivity contribution < 1.29 is 9.66 Å². The van der Waals surface area contributed by atoms with E-state index in [1.54, 1.807) is 12.1 Å². The molecule has 1 heterocycles. The molecule has 0 spiro atoms. The van der Waals surface area contributed by atoms with Gasteiger partial charge in [0.05, 0.1) is 10.5 Å². The van der Waals surface area contributed by atoms with Crippen LogP contribution < -0.4 is 5.32 Å². The number of nitro groups is 1. The third-order valence-electron chi connectivity index (χ3n) is 4.08. The largest absolute Gasteiger partial charge is 0.374 e. The average molecular weight is 292 g/mol. The zero-order valence-electron chi connectivity index (χ0n) is 12.8. The second kappa shape index (κ2) is 7.00. The Bertz CT molecular complexity index is 484. The molecular formula is C16H24N2O3. The first-order valence-electron chi connectivity index (χ1n) is 7.66. The predicted molar refractivity (Wildman–Crippen MR) is 82.3 cm³/mol. The van der Waals surface area contributed by atoms with Crippen LogP contribution in [-0.2, 0) is 4.74 Å². The van der Waals surface area contributed by atoms with Gasteiger partial charge in [0.1, 0.15) is 0 Å². The Hall–Kier alpha value is -1.46. The van der Waals surface area contributed by atoms with Crippen molar-refractivity contribution in [3.05, 3.63) is 39.9 Å². The van der Waals surface area contributed by atoms with E-state index >= 15 is 0 Å². The standard InChI is InChI=1S/C16H24N2O3/c1-3-6-15(17-12-16(2)9-5-10-21-16)13-7-4-8-14(11-13)18(19)20/h4,7-8,11,15,17H,3,5-6,9-10,12H2,1-2H3. The van der Waals surface area contributed by atoms with E-state index in [0.29, 0.717) is 0 Å². The Labute approximate surface area is 125 Å². The summed E-state index contributed by atoms with van der Waals surface area (Å²) in [6.45, 7) is 5.86. The maximum Gasteiger partial charge on any atom is 0.269 e. The van der Waals surface area contributed by atoms with Crippen LogP contribution in [0.5, 0.6) is 0 Å². The van der Waals surface area contributed by atoms with Crippen LogP contribution in [0, 0.1) is 10.1 Å². The van der Waals surface area contributed by atoms with Gasteiger partial charge < -0.3 is 10.1 Å². The number of ether oxygens (including phenoxy) is 1. The van der Waals surface area contributed by atoms with E-state index in [1.807, 2.05) is 6.07 Å². The lowest BCUT2D eigenvalue weighted by Gasteiger charge is -2.27. The number of benzene rings is 1. The molecule has 1 aliphatic heterocycles. The maximum absolute atomic E-state index is 10.9. The highest BCUT2D eigenvalue weighted by molar-refractivity contribution is 5.35. The van der Waals surface area contributed by atoms with Crippen molar-refractivity contribution in [2.24, 2.45) is 0 Å². The summed E-state index contributed by atoms with van der Waals surface area (Å²) < 4.78 is 5.80. The molecule has 1 fully saturated rings. The minimum atomic E-state index is -0.339. The van der Waals surface area contributed by atoms with Crippen molar-refractivity contribution in [1.29, 1.82) is 0 Å². The fourth-order valence-electron chi connectivity index (χ4n) is 2.85. The van der Waals surface area contributed by atoms with Gasteiger partial charge in [0.25, 0.3) is 5.69 Å². The quantitative estimate of drug-likeness (QED) is 0.616. The number of nitrogens with zero attached hydrogens (tertiary/aromatic N) is 1. The first-order valence-corrected chi connectivity index (χ1v) is 7.66. The van der Waals surface area contributed by atoms with E-state index in [1.165, 1.54) is 6.07 Å². The molecule has 21 heavy (non-hydrogen) atoms. The van der Waals surface area contributed by atoms with Gasteiger partial charge in [0.15, 0.2) is 0 Å². The number of hydrogen-bond donors (Lipinski definition) is 1. The van der Waals surface area contributed by atoms with Gasteiger partial charge >= 0.3 is 0 Å². The highest BCUT2D eigenvalue weighted by atomic mass is 16.6. The summed E-state index contributed by atoms with van der Waals surface area (Å²) >= 11 is 0. The number of rotatable bonds is 7. The van der Waals surface area contributed by atoms with E-state index in [9.17, 15) is 10.1 Å². The zero-order valence-corrected chi connectivity index (χ0v) is 12.8. The molecule has 0 amide bonds. The van der Waals surface area contributed by atoms with Crippen LogP contribution in [0.3, 0.4) is 0 Å². The van der Waals surface area contributed by atoms with Gasteiger partial charge in [-0.1, -0.05) is 25.5 Å². The summed E-state index contributed by atoms with van der Waals surface area (Å²) in [7, 11) is 0. The topological polar surface area (TPSA) is 64.4 Å². The van der Waals surface area contributed by atoms with Crippen LogP contribution in [0.1, 0.15) is 51.1 Å². The molecule has 1 saturated heterocycles. The number of non-ortho nitro benzene ring substituents is 1. The monoisotopic (exact) mass is 292 g/mol. The van der Waals surface area contributed by atoms with Gasteiger partial charge in [0.2, 0.25) is 0 Å². The van der Waals surface area contributed by atoms with Gasteiger partial charge in [-0.05, 0) is 31.7 Å². The summed E-state index contributed by atoms with van der Waals surface area (Å²) in [5, 5.41) is 14.5. The Morgan fingerprint density at radius 2 is 2.33 bits per heavy atom. The van der Waals surface area contributed by atoms with Crippen molar-refractivity contribution in [3.8, 4) is 0 Å². The number of nitro benzene ring substituents is 1. The molecule has 5 heteroatoms. The SMILES string of the molecule is CCCC(NCC1(C)CCCO1)c1cccc([N+](=O)[O-])c1. The van der Waals surface area contributed by atoms with E-state index in [2.05, 4.69) is 19.2 Å². The summed E-state index contributed by atoms with van der Waals surface area (Å²) in [6.07, 6.45) is 4.15. The number of nitrogens with one attached hydrogen (secondary N) is 1. The molecule has 5 nitrogen and oxygen atoms in total. The summed E-state index contributed by atoms with van der Waals surface area (Å²) in [6, 6.07) is 7.05. The highest BCUT2D eigenvalue weighted by Crippen LogP contribution is 2.27. The first kappa shape index (κ1) is 15.9. The summed E-state index contributed by atoms with van der Waals surface area (Å²) in [5.74, 6) is 0. The van der Waals surface area contributed by atoms with Crippen molar-refractivity contribution in [3.63, 3.8) is 0 Å². The lowest BCUT2D eigenvalue weighted by molar-refractivity contribution is -0.384. The molecule has 0 aliphatic carbocycles. The second-order valence-electron chi connectivity index (χ2n) is 5.98. The number of hydrogen-bond acceptors (Lipinski definition) is 4. The predicted octanol–water partition coefficient (Wildman–Crippen LogP) is 3.59. The van der Waals surface area contributed by atoms with Crippen LogP contribution in [0.2, 0.25) is 0 Å². The van der Waals surface area contributed by atoms with E-state index < -0.39 is 0 Å². The van der Waals surface area contributed by atoms with Crippen LogP contribution in [-0.4, -0.2) is 23.7 Å².